The molecule has 1 unspecified atom stereocenters. The molecular formula is C16H18N2O3. The summed E-state index contributed by atoms with van der Waals surface area (Å²) in [5.41, 5.74) is 0.875. The van der Waals surface area contributed by atoms with Crippen molar-refractivity contribution >= 4 is 16.9 Å². The van der Waals surface area contributed by atoms with Gasteiger partial charge in [0.05, 0.1) is 12.6 Å². The summed E-state index contributed by atoms with van der Waals surface area (Å²) in [4.78, 5) is 16.1. The zero-order valence-corrected chi connectivity index (χ0v) is 11.9. The highest BCUT2D eigenvalue weighted by Gasteiger charge is 2.29. The quantitative estimate of drug-likeness (QED) is 0.822. The second-order valence-electron chi connectivity index (χ2n) is 5.15. The van der Waals surface area contributed by atoms with Crippen LogP contribution in [0.2, 0.25) is 0 Å². The maximum Gasteiger partial charge on any atom is 0.326 e. The van der Waals surface area contributed by atoms with E-state index in [1.54, 1.807) is 6.20 Å². The van der Waals surface area contributed by atoms with Crippen LogP contribution in [-0.2, 0) is 9.53 Å². The maximum atomic E-state index is 11.8. The summed E-state index contributed by atoms with van der Waals surface area (Å²) in [5, 5.41) is 4.18. The Morgan fingerprint density at radius 3 is 3.00 bits per heavy atom. The normalized spacial score (nSPS) is 15.7. The maximum absolute atomic E-state index is 11.8. The van der Waals surface area contributed by atoms with Crippen LogP contribution in [-0.4, -0.2) is 36.8 Å². The highest BCUT2D eigenvalue weighted by Crippen LogP contribution is 2.24. The van der Waals surface area contributed by atoms with Gasteiger partial charge in [0.1, 0.15) is 18.4 Å². The number of aromatic nitrogens is 1. The molecule has 2 aromatic rings. The van der Waals surface area contributed by atoms with Crippen LogP contribution in [0, 0.1) is 0 Å². The number of ether oxygens (including phenoxy) is 2. The van der Waals surface area contributed by atoms with Crippen molar-refractivity contribution in [3.05, 3.63) is 36.5 Å². The predicted molar refractivity (Wildman–Crippen MR) is 79.2 cm³/mol. The van der Waals surface area contributed by atoms with E-state index < -0.39 is 6.04 Å². The molecule has 110 valence electrons. The van der Waals surface area contributed by atoms with E-state index >= 15 is 0 Å². The molecule has 1 fully saturated rings. The predicted octanol–water partition coefficient (Wildman–Crippen LogP) is 1.91. The standard InChI is InChI=1S/C16H18N2O3/c1-20-16(19)14(18-11-7-8-11)10-21-15-6-2-5-13-12(15)4-3-9-17-13/h2-6,9,11,14,18H,7-8,10H2,1H3. The number of carbonyl (C=O) groups excluding carboxylic acids is 1. The number of benzene rings is 1. The first-order valence-corrected chi connectivity index (χ1v) is 7.08. The smallest absolute Gasteiger partial charge is 0.326 e. The van der Waals surface area contributed by atoms with Crippen molar-refractivity contribution < 1.29 is 14.3 Å². The van der Waals surface area contributed by atoms with Gasteiger partial charge < -0.3 is 9.47 Å². The molecule has 1 heterocycles. The van der Waals surface area contributed by atoms with Gasteiger partial charge >= 0.3 is 5.97 Å². The Kier molecular flexibility index (Phi) is 4.01. The van der Waals surface area contributed by atoms with Gasteiger partial charge in [0.2, 0.25) is 0 Å². The van der Waals surface area contributed by atoms with Crippen molar-refractivity contribution in [3.8, 4) is 5.75 Å². The molecule has 3 rings (SSSR count). The lowest BCUT2D eigenvalue weighted by atomic mass is 10.2. The largest absolute Gasteiger partial charge is 0.491 e. The molecule has 0 spiro atoms. The Labute approximate surface area is 123 Å². The van der Waals surface area contributed by atoms with Crippen LogP contribution in [0.25, 0.3) is 10.9 Å². The van der Waals surface area contributed by atoms with E-state index in [9.17, 15) is 4.79 Å². The molecule has 1 aromatic heterocycles. The molecule has 0 saturated heterocycles. The third-order valence-electron chi connectivity index (χ3n) is 3.51. The zero-order chi connectivity index (χ0) is 14.7. The fourth-order valence-electron chi connectivity index (χ4n) is 2.24. The third-order valence-corrected chi connectivity index (χ3v) is 3.51. The van der Waals surface area contributed by atoms with Gasteiger partial charge in [-0.2, -0.15) is 0 Å². The lowest BCUT2D eigenvalue weighted by Gasteiger charge is -2.17. The number of carbonyl (C=O) groups is 1. The van der Waals surface area contributed by atoms with E-state index in [-0.39, 0.29) is 12.6 Å². The second-order valence-corrected chi connectivity index (χ2v) is 5.15. The van der Waals surface area contributed by atoms with E-state index in [0.717, 1.165) is 29.5 Å². The minimum absolute atomic E-state index is 0.247. The van der Waals surface area contributed by atoms with Crippen molar-refractivity contribution in [2.45, 2.75) is 24.9 Å². The lowest BCUT2D eigenvalue weighted by Crippen LogP contribution is -2.43. The molecule has 1 aliphatic carbocycles. The van der Waals surface area contributed by atoms with Gasteiger partial charge in [0.15, 0.2) is 0 Å². The van der Waals surface area contributed by atoms with Gasteiger partial charge in [-0.25, -0.2) is 0 Å². The molecule has 0 bridgehead atoms. The number of rotatable bonds is 6. The van der Waals surface area contributed by atoms with Crippen molar-refractivity contribution in [3.63, 3.8) is 0 Å². The molecular weight excluding hydrogens is 268 g/mol. The third kappa shape index (κ3) is 3.31. The topological polar surface area (TPSA) is 60.5 Å². The summed E-state index contributed by atoms with van der Waals surface area (Å²) in [6.07, 6.45) is 3.95. The molecule has 1 N–H and O–H groups in total. The van der Waals surface area contributed by atoms with E-state index in [1.807, 2.05) is 30.3 Å². The Hall–Kier alpha value is -2.14. The number of esters is 1. The van der Waals surface area contributed by atoms with Crippen LogP contribution in [0.15, 0.2) is 36.5 Å². The lowest BCUT2D eigenvalue weighted by molar-refractivity contribution is -0.144. The zero-order valence-electron chi connectivity index (χ0n) is 11.9. The van der Waals surface area contributed by atoms with E-state index in [1.165, 1.54) is 7.11 Å². The van der Waals surface area contributed by atoms with Crippen LogP contribution in [0.5, 0.6) is 5.75 Å². The van der Waals surface area contributed by atoms with Crippen LogP contribution < -0.4 is 10.1 Å². The monoisotopic (exact) mass is 286 g/mol. The molecule has 1 aromatic carbocycles. The molecule has 0 amide bonds. The molecule has 5 nitrogen and oxygen atoms in total. The number of hydrogen-bond acceptors (Lipinski definition) is 5. The molecule has 5 heteroatoms. The van der Waals surface area contributed by atoms with Crippen LogP contribution in [0.4, 0.5) is 0 Å². The fourth-order valence-corrected chi connectivity index (χ4v) is 2.24. The molecule has 21 heavy (non-hydrogen) atoms. The van der Waals surface area contributed by atoms with Crippen molar-refractivity contribution in [1.82, 2.24) is 10.3 Å². The number of hydrogen-bond donors (Lipinski definition) is 1. The van der Waals surface area contributed by atoms with Crippen molar-refractivity contribution in [2.75, 3.05) is 13.7 Å². The van der Waals surface area contributed by atoms with Crippen molar-refractivity contribution in [2.24, 2.45) is 0 Å². The SMILES string of the molecule is COC(=O)C(COc1cccc2ncccc12)NC1CC1. The van der Waals surface area contributed by atoms with Crippen LogP contribution in [0.3, 0.4) is 0 Å². The van der Waals surface area contributed by atoms with E-state index in [4.69, 9.17) is 9.47 Å². The van der Waals surface area contributed by atoms with Gasteiger partial charge in [-0.3, -0.25) is 15.1 Å². The first-order chi connectivity index (χ1) is 10.3. The summed E-state index contributed by atoms with van der Waals surface area (Å²) < 4.78 is 10.7. The van der Waals surface area contributed by atoms with Gasteiger partial charge in [0.25, 0.3) is 0 Å². The Bertz CT molecular complexity index is 635. The van der Waals surface area contributed by atoms with Crippen LogP contribution >= 0.6 is 0 Å². The molecule has 0 radical (unpaired) electrons. The average Bonchev–Trinajstić information content (AvgIpc) is 3.34. The van der Waals surface area contributed by atoms with Gasteiger partial charge in [0, 0.05) is 17.6 Å². The fraction of sp³-hybridized carbons (Fsp3) is 0.375. The van der Waals surface area contributed by atoms with Crippen LogP contribution in [0.1, 0.15) is 12.8 Å². The summed E-state index contributed by atoms with van der Waals surface area (Å²) in [6.45, 7) is 0.247. The minimum Gasteiger partial charge on any atom is -0.491 e. The van der Waals surface area contributed by atoms with Gasteiger partial charge in [-0.1, -0.05) is 6.07 Å². The Balaban J connectivity index is 1.73. The molecule has 1 aliphatic rings. The highest BCUT2D eigenvalue weighted by atomic mass is 16.5. The molecule has 1 atom stereocenters. The number of pyridine rings is 1. The number of fused-ring (bicyclic) bond motifs is 1. The van der Waals surface area contributed by atoms with E-state index in [0.29, 0.717) is 6.04 Å². The Morgan fingerprint density at radius 1 is 1.38 bits per heavy atom. The number of nitrogens with zero attached hydrogens (tertiary/aromatic N) is 1. The van der Waals surface area contributed by atoms with E-state index in [2.05, 4.69) is 10.3 Å². The highest BCUT2D eigenvalue weighted by molar-refractivity contribution is 5.84. The second kappa shape index (κ2) is 6.10. The van der Waals surface area contributed by atoms with Gasteiger partial charge in [-0.15, -0.1) is 0 Å². The minimum atomic E-state index is -0.436. The first kappa shape index (κ1) is 13.8. The summed E-state index contributed by atoms with van der Waals surface area (Å²) in [6, 6.07) is 9.51. The average molecular weight is 286 g/mol. The summed E-state index contributed by atoms with van der Waals surface area (Å²) in [5.74, 6) is 0.437. The van der Waals surface area contributed by atoms with Gasteiger partial charge in [-0.05, 0) is 37.1 Å². The van der Waals surface area contributed by atoms with Crippen molar-refractivity contribution in [1.29, 1.82) is 0 Å². The summed E-state index contributed by atoms with van der Waals surface area (Å²) >= 11 is 0. The molecule has 0 aliphatic heterocycles. The Morgan fingerprint density at radius 2 is 2.24 bits per heavy atom. The summed E-state index contributed by atoms with van der Waals surface area (Å²) in [7, 11) is 1.39. The number of nitrogens with one attached hydrogen (secondary N) is 1. The first-order valence-electron chi connectivity index (χ1n) is 7.08. The number of methoxy groups -OCH3 is 1. The molecule has 1 saturated carbocycles.